The van der Waals surface area contributed by atoms with Crippen molar-refractivity contribution >= 4 is 17.6 Å². The van der Waals surface area contributed by atoms with Crippen molar-refractivity contribution in [2.75, 3.05) is 12.8 Å². The third-order valence-electron chi connectivity index (χ3n) is 1.56. The van der Waals surface area contributed by atoms with Crippen LogP contribution in [0.15, 0.2) is 9.69 Å². The van der Waals surface area contributed by atoms with Crippen LogP contribution < -0.4 is 16.0 Å². The Kier molecular flexibility index (Phi) is 2.99. The van der Waals surface area contributed by atoms with Crippen LogP contribution in [0.3, 0.4) is 0 Å². The Bertz CT molecular complexity index is 448. The molecule has 7 heteroatoms. The minimum atomic E-state index is -0.388. The summed E-state index contributed by atoms with van der Waals surface area (Å²) in [5, 5.41) is 10.2. The Balaban J connectivity index is 3.43. The summed E-state index contributed by atoms with van der Waals surface area (Å²) in [5.41, 5.74) is 5.09. The molecule has 0 amide bonds. The van der Waals surface area contributed by atoms with E-state index in [0.29, 0.717) is 11.8 Å². The molecule has 0 spiro atoms. The zero-order valence-electron chi connectivity index (χ0n) is 7.64. The fraction of sp³-hybridized carbons (Fsp3) is 0.286. The summed E-state index contributed by atoms with van der Waals surface area (Å²) in [7, 11) is 2.88. The van der Waals surface area contributed by atoms with Crippen LogP contribution >= 0.6 is 11.8 Å². The van der Waals surface area contributed by atoms with Crippen molar-refractivity contribution < 1.29 is 4.74 Å². The molecule has 1 heterocycles. The van der Waals surface area contributed by atoms with Gasteiger partial charge in [-0.15, -0.1) is 0 Å². The van der Waals surface area contributed by atoms with Gasteiger partial charge in [-0.25, -0.2) is 0 Å². The molecule has 6 nitrogen and oxygen atoms in total. The Hall–Kier alpha value is -1.68. The van der Waals surface area contributed by atoms with Crippen LogP contribution in [0, 0.1) is 10.7 Å². The summed E-state index contributed by atoms with van der Waals surface area (Å²) in [6, 6.07) is 0.120. The van der Waals surface area contributed by atoms with E-state index in [0.717, 1.165) is 0 Å². The molecule has 0 fully saturated rings. The highest BCUT2D eigenvalue weighted by Gasteiger charge is 2.12. The fourth-order valence-electron chi connectivity index (χ4n) is 0.902. The Morgan fingerprint density at radius 1 is 1.71 bits per heavy atom. The van der Waals surface area contributed by atoms with Crippen LogP contribution in [0.25, 0.3) is 0 Å². The van der Waals surface area contributed by atoms with E-state index < -0.39 is 0 Å². The van der Waals surface area contributed by atoms with Gasteiger partial charge in [0.15, 0.2) is 0 Å². The van der Waals surface area contributed by atoms with Gasteiger partial charge in [-0.05, 0) is 11.8 Å². The number of nitriles is 1. The Morgan fingerprint density at radius 3 is 2.86 bits per heavy atom. The van der Waals surface area contributed by atoms with Crippen molar-refractivity contribution in [2.24, 2.45) is 7.05 Å². The second-order valence-corrected chi connectivity index (χ2v) is 3.17. The van der Waals surface area contributed by atoms with Crippen molar-refractivity contribution in [3.8, 4) is 11.4 Å². The molecule has 0 saturated heterocycles. The van der Waals surface area contributed by atoms with Crippen molar-refractivity contribution in [1.82, 2.24) is 9.55 Å². The number of nitrogens with zero attached hydrogens (tertiary/aromatic N) is 3. The summed E-state index contributed by atoms with van der Waals surface area (Å²) < 4.78 is 6.01. The number of rotatable bonds is 2. The molecule has 0 aliphatic rings. The lowest BCUT2D eigenvalue weighted by atomic mass is 10.5. The molecular formula is C7H8N4O2S. The molecule has 1 aromatic rings. The predicted molar refractivity (Wildman–Crippen MR) is 51.9 cm³/mol. The maximum Gasteiger partial charge on any atom is 0.300 e. The van der Waals surface area contributed by atoms with Gasteiger partial charge in [-0.1, -0.05) is 0 Å². The van der Waals surface area contributed by atoms with Crippen LogP contribution in [0.2, 0.25) is 0 Å². The molecule has 0 radical (unpaired) electrons. The highest BCUT2D eigenvalue weighted by molar-refractivity contribution is 8.03. The molecule has 0 aliphatic carbocycles. The van der Waals surface area contributed by atoms with E-state index in [1.807, 2.05) is 0 Å². The standard InChI is InChI=1S/C7H8N4O2S/c1-11-6(12)4(14-3-8)5(9)10-7(11)13-2/h9H2,1-2H3. The Labute approximate surface area is 84.3 Å². The number of hydrogen-bond donors (Lipinski definition) is 1. The van der Waals surface area contributed by atoms with E-state index in [9.17, 15) is 4.79 Å². The molecule has 2 N–H and O–H groups in total. The average Bonchev–Trinajstić information content (AvgIpc) is 2.18. The summed E-state index contributed by atoms with van der Waals surface area (Å²) in [6.45, 7) is 0. The monoisotopic (exact) mass is 212 g/mol. The maximum absolute atomic E-state index is 11.6. The number of hydrogen-bond acceptors (Lipinski definition) is 6. The van der Waals surface area contributed by atoms with Crippen LogP contribution in [0.4, 0.5) is 5.82 Å². The fourth-order valence-corrected chi connectivity index (χ4v) is 1.37. The molecule has 0 saturated carbocycles. The number of nitrogen functional groups attached to an aromatic ring is 1. The minimum Gasteiger partial charge on any atom is -0.468 e. The number of nitrogens with two attached hydrogens (primary N) is 1. The molecule has 1 rings (SSSR count). The van der Waals surface area contributed by atoms with Gasteiger partial charge < -0.3 is 10.5 Å². The van der Waals surface area contributed by atoms with Gasteiger partial charge in [-0.2, -0.15) is 10.2 Å². The maximum atomic E-state index is 11.6. The van der Waals surface area contributed by atoms with Gasteiger partial charge in [0.05, 0.1) is 7.11 Å². The molecule has 0 bridgehead atoms. The third-order valence-corrected chi connectivity index (χ3v) is 2.24. The zero-order valence-corrected chi connectivity index (χ0v) is 8.46. The first-order valence-corrected chi connectivity index (χ1v) is 4.40. The average molecular weight is 212 g/mol. The zero-order chi connectivity index (χ0) is 10.7. The van der Waals surface area contributed by atoms with E-state index in [2.05, 4.69) is 4.98 Å². The first-order chi connectivity index (χ1) is 6.61. The third kappa shape index (κ3) is 1.65. The molecular weight excluding hydrogens is 204 g/mol. The molecule has 74 valence electrons. The molecule has 0 aliphatic heterocycles. The number of anilines is 1. The molecule has 0 atom stereocenters. The lowest BCUT2D eigenvalue weighted by Gasteiger charge is -2.07. The van der Waals surface area contributed by atoms with Crippen LogP contribution in [0.5, 0.6) is 6.01 Å². The minimum absolute atomic E-state index is 0.0106. The highest BCUT2D eigenvalue weighted by atomic mass is 32.2. The summed E-state index contributed by atoms with van der Waals surface area (Å²) in [6.07, 6.45) is 0. The largest absolute Gasteiger partial charge is 0.468 e. The van der Waals surface area contributed by atoms with Gasteiger partial charge in [-0.3, -0.25) is 9.36 Å². The number of ether oxygens (including phenoxy) is 1. The Morgan fingerprint density at radius 2 is 2.36 bits per heavy atom. The van der Waals surface area contributed by atoms with Crippen molar-refractivity contribution in [3.05, 3.63) is 10.4 Å². The van der Waals surface area contributed by atoms with Gasteiger partial charge in [0.25, 0.3) is 5.56 Å². The molecule has 1 aromatic heterocycles. The van der Waals surface area contributed by atoms with Gasteiger partial charge in [0, 0.05) is 7.05 Å². The van der Waals surface area contributed by atoms with E-state index >= 15 is 0 Å². The first kappa shape index (κ1) is 10.4. The first-order valence-electron chi connectivity index (χ1n) is 3.58. The summed E-state index contributed by atoms with van der Waals surface area (Å²) in [4.78, 5) is 15.5. The number of aromatic nitrogens is 2. The van der Waals surface area contributed by atoms with Crippen molar-refractivity contribution in [2.45, 2.75) is 4.90 Å². The van der Waals surface area contributed by atoms with Gasteiger partial charge in [0.2, 0.25) is 0 Å². The summed E-state index contributed by atoms with van der Waals surface area (Å²) in [5.74, 6) is 0.0106. The number of thiocyanates is 1. The lowest BCUT2D eigenvalue weighted by Crippen LogP contribution is -2.22. The van der Waals surface area contributed by atoms with Gasteiger partial charge >= 0.3 is 6.01 Å². The molecule has 0 unspecified atom stereocenters. The van der Waals surface area contributed by atoms with Crippen LogP contribution in [0.1, 0.15) is 0 Å². The van der Waals surface area contributed by atoms with E-state index in [1.54, 1.807) is 5.40 Å². The smallest absolute Gasteiger partial charge is 0.300 e. The topological polar surface area (TPSA) is 93.9 Å². The normalized spacial score (nSPS) is 9.50. The molecule has 14 heavy (non-hydrogen) atoms. The second-order valence-electron chi connectivity index (χ2n) is 2.37. The van der Waals surface area contributed by atoms with Gasteiger partial charge in [0.1, 0.15) is 16.1 Å². The van der Waals surface area contributed by atoms with E-state index in [4.69, 9.17) is 15.7 Å². The second kappa shape index (κ2) is 4.02. The quantitative estimate of drug-likeness (QED) is 0.545. The lowest BCUT2D eigenvalue weighted by molar-refractivity contribution is 0.356. The number of thioether (sulfide) groups is 1. The van der Waals surface area contributed by atoms with E-state index in [1.165, 1.54) is 18.7 Å². The SMILES string of the molecule is COc1nc(N)c(SC#N)c(=O)n1C. The number of methoxy groups -OCH3 is 1. The van der Waals surface area contributed by atoms with Crippen LogP contribution in [-0.4, -0.2) is 16.7 Å². The van der Waals surface area contributed by atoms with Crippen molar-refractivity contribution in [3.63, 3.8) is 0 Å². The summed E-state index contributed by atoms with van der Waals surface area (Å²) >= 11 is 0.691. The predicted octanol–water partition coefficient (Wildman–Crippen LogP) is -0.0557. The van der Waals surface area contributed by atoms with Crippen LogP contribution in [-0.2, 0) is 7.05 Å². The van der Waals surface area contributed by atoms with Crippen molar-refractivity contribution in [1.29, 1.82) is 5.26 Å². The van der Waals surface area contributed by atoms with E-state index in [-0.39, 0.29) is 22.3 Å². The molecule has 0 aromatic carbocycles. The highest BCUT2D eigenvalue weighted by Crippen LogP contribution is 2.19.